The lowest BCUT2D eigenvalue weighted by atomic mass is 9.78. The molecule has 1 N–H and O–H groups in total. The number of anilines is 1. The summed E-state index contributed by atoms with van der Waals surface area (Å²) in [5, 5.41) is 7.24. The van der Waals surface area contributed by atoms with E-state index in [0.29, 0.717) is 17.0 Å². The van der Waals surface area contributed by atoms with Gasteiger partial charge in [-0.3, -0.25) is 0 Å². The Morgan fingerprint density at radius 3 is 2.83 bits per heavy atom. The van der Waals surface area contributed by atoms with Gasteiger partial charge in [-0.25, -0.2) is 18.7 Å². The molecule has 0 spiro atoms. The van der Waals surface area contributed by atoms with Crippen molar-refractivity contribution in [3.8, 4) is 11.4 Å². The van der Waals surface area contributed by atoms with Crippen molar-refractivity contribution in [3.63, 3.8) is 0 Å². The van der Waals surface area contributed by atoms with E-state index in [9.17, 15) is 9.18 Å². The number of nitrogens with zero attached hydrogens (tertiary/aromatic N) is 4. The summed E-state index contributed by atoms with van der Waals surface area (Å²) in [6.07, 6.45) is 6.39. The fraction of sp³-hybridized carbons (Fsp3) is 0.381. The van der Waals surface area contributed by atoms with Crippen molar-refractivity contribution >= 4 is 17.2 Å². The number of halogens is 1. The minimum absolute atomic E-state index is 0.139. The molecule has 2 aliphatic heterocycles. The number of piperidine rings is 1. The smallest absolute Gasteiger partial charge is 0.322 e. The first-order valence-electron chi connectivity index (χ1n) is 9.76. The maximum Gasteiger partial charge on any atom is 0.322 e. The molecular weight excluding hydrogens is 373 g/mol. The summed E-state index contributed by atoms with van der Waals surface area (Å²) in [6, 6.07) is 6.86. The lowest BCUT2D eigenvalue weighted by Crippen LogP contribution is -2.65. The zero-order valence-corrected chi connectivity index (χ0v) is 16.3. The van der Waals surface area contributed by atoms with Crippen LogP contribution in [0.5, 0.6) is 0 Å². The average molecular weight is 395 g/mol. The van der Waals surface area contributed by atoms with E-state index in [1.807, 2.05) is 23.2 Å². The average Bonchev–Trinajstić information content (AvgIpc) is 3.17. The maximum atomic E-state index is 14.6. The lowest BCUT2D eigenvalue weighted by molar-refractivity contribution is -0.0636. The van der Waals surface area contributed by atoms with E-state index >= 15 is 0 Å². The van der Waals surface area contributed by atoms with E-state index in [1.165, 1.54) is 6.07 Å². The minimum atomic E-state index is -0.470. The van der Waals surface area contributed by atoms with E-state index in [2.05, 4.69) is 15.4 Å². The topological polar surface area (TPSA) is 71.8 Å². The number of ether oxygens (including phenoxy) is 1. The molecule has 8 heteroatoms. The molecule has 0 radical (unpaired) electrons. The van der Waals surface area contributed by atoms with Gasteiger partial charge in [-0.1, -0.05) is 0 Å². The van der Waals surface area contributed by atoms with Crippen LogP contribution >= 0.6 is 0 Å². The maximum absolute atomic E-state index is 14.6. The summed E-state index contributed by atoms with van der Waals surface area (Å²) >= 11 is 0. The van der Waals surface area contributed by atoms with Crippen LogP contribution in [0.25, 0.3) is 16.9 Å². The second-order valence-electron chi connectivity index (χ2n) is 7.82. The van der Waals surface area contributed by atoms with E-state index in [1.54, 1.807) is 30.8 Å². The van der Waals surface area contributed by atoms with Gasteiger partial charge in [-0.05, 0) is 56.0 Å². The normalized spacial score (nSPS) is 23.1. The Labute approximate surface area is 167 Å². The van der Waals surface area contributed by atoms with E-state index in [0.717, 1.165) is 24.8 Å². The number of aryl methyl sites for hydroxylation is 1. The highest BCUT2D eigenvalue weighted by Crippen LogP contribution is 2.40. The number of hydrogen-bond acceptors (Lipinski definition) is 4. The first-order chi connectivity index (χ1) is 14.0. The largest absolute Gasteiger partial charge is 0.381 e. The third-order valence-corrected chi connectivity index (χ3v) is 6.05. The van der Waals surface area contributed by atoms with Crippen molar-refractivity contribution in [2.24, 2.45) is 0 Å². The van der Waals surface area contributed by atoms with Crippen LogP contribution in [0.4, 0.5) is 14.9 Å². The van der Waals surface area contributed by atoms with Gasteiger partial charge in [0, 0.05) is 31.0 Å². The fourth-order valence-electron chi connectivity index (χ4n) is 4.49. The Morgan fingerprint density at radius 1 is 1.28 bits per heavy atom. The van der Waals surface area contributed by atoms with E-state index in [-0.39, 0.29) is 29.9 Å². The number of amides is 2. The molecule has 3 atom stereocenters. The molecule has 6 rings (SSSR count). The van der Waals surface area contributed by atoms with Crippen molar-refractivity contribution in [3.05, 3.63) is 48.0 Å². The van der Waals surface area contributed by atoms with E-state index < -0.39 is 5.82 Å². The van der Waals surface area contributed by atoms with Gasteiger partial charge < -0.3 is 15.0 Å². The van der Waals surface area contributed by atoms with Crippen LogP contribution in [0, 0.1) is 12.7 Å². The summed E-state index contributed by atoms with van der Waals surface area (Å²) in [6.45, 7) is 1.80. The Morgan fingerprint density at radius 2 is 2.07 bits per heavy atom. The second kappa shape index (κ2) is 6.81. The van der Waals surface area contributed by atoms with Crippen LogP contribution in [0.3, 0.4) is 0 Å². The second-order valence-corrected chi connectivity index (χ2v) is 7.82. The molecule has 2 unspecified atom stereocenters. The molecule has 150 valence electrons. The number of hydrogen-bond donors (Lipinski definition) is 1. The predicted molar refractivity (Wildman–Crippen MR) is 106 cm³/mol. The fourth-order valence-corrected chi connectivity index (χ4v) is 4.49. The van der Waals surface area contributed by atoms with Crippen molar-refractivity contribution in [2.45, 2.75) is 44.4 Å². The number of carbonyl (C=O) groups excluding carboxylic acids is 1. The summed E-state index contributed by atoms with van der Waals surface area (Å²) in [5.41, 5.74) is 2.40. The van der Waals surface area contributed by atoms with Crippen LogP contribution in [-0.2, 0) is 4.74 Å². The van der Waals surface area contributed by atoms with Gasteiger partial charge in [0.25, 0.3) is 0 Å². The van der Waals surface area contributed by atoms with Crippen molar-refractivity contribution < 1.29 is 13.9 Å². The number of fused-ring (bicyclic) bond motifs is 3. The summed E-state index contributed by atoms with van der Waals surface area (Å²) in [4.78, 5) is 19.0. The zero-order valence-electron chi connectivity index (χ0n) is 16.3. The minimum Gasteiger partial charge on any atom is -0.381 e. The molecule has 1 aliphatic carbocycles. The molecule has 2 amide bonds. The SMILES string of the molecule is COC1CC2C[C@@H](C1)N2C(=O)Nc1cc(-c2ncc3cccn3n2)c(C)cc1F. The molecule has 29 heavy (non-hydrogen) atoms. The zero-order chi connectivity index (χ0) is 20.1. The number of aromatic nitrogens is 3. The van der Waals surface area contributed by atoms with Gasteiger partial charge in [-0.2, -0.15) is 0 Å². The van der Waals surface area contributed by atoms with Gasteiger partial charge in [-0.15, -0.1) is 5.10 Å². The number of methoxy groups -OCH3 is 1. The van der Waals surface area contributed by atoms with Crippen molar-refractivity contribution in [1.29, 1.82) is 0 Å². The summed E-state index contributed by atoms with van der Waals surface area (Å²) < 4.78 is 21.7. The van der Waals surface area contributed by atoms with Crippen LogP contribution < -0.4 is 5.32 Å². The molecule has 7 nitrogen and oxygen atoms in total. The number of benzene rings is 1. The van der Waals surface area contributed by atoms with E-state index in [4.69, 9.17) is 4.74 Å². The Bertz CT molecular complexity index is 1090. The molecule has 2 bridgehead atoms. The monoisotopic (exact) mass is 395 g/mol. The molecule has 2 aromatic heterocycles. The summed E-state index contributed by atoms with van der Waals surface area (Å²) in [7, 11) is 1.70. The Hall–Kier alpha value is -3.00. The molecule has 3 aliphatic rings. The lowest BCUT2D eigenvalue weighted by Gasteiger charge is -2.54. The van der Waals surface area contributed by atoms with Crippen molar-refractivity contribution in [1.82, 2.24) is 19.5 Å². The first-order valence-corrected chi connectivity index (χ1v) is 9.76. The third-order valence-electron chi connectivity index (χ3n) is 6.05. The predicted octanol–water partition coefficient (Wildman–Crippen LogP) is 3.63. The Kier molecular flexibility index (Phi) is 4.24. The number of urea groups is 1. The summed E-state index contributed by atoms with van der Waals surface area (Å²) in [5.74, 6) is 0.00699. The highest BCUT2D eigenvalue weighted by Gasteiger charge is 2.48. The highest BCUT2D eigenvalue weighted by molar-refractivity contribution is 5.91. The molecule has 1 aromatic carbocycles. The highest BCUT2D eigenvalue weighted by atomic mass is 19.1. The van der Waals surface area contributed by atoms with Crippen LogP contribution in [0.15, 0.2) is 36.7 Å². The van der Waals surface area contributed by atoms with Crippen molar-refractivity contribution in [2.75, 3.05) is 12.4 Å². The quantitative estimate of drug-likeness (QED) is 0.735. The molecule has 3 aromatic rings. The van der Waals surface area contributed by atoms with Crippen LogP contribution in [0.1, 0.15) is 24.8 Å². The third kappa shape index (κ3) is 3.04. The van der Waals surface area contributed by atoms with Crippen LogP contribution in [-0.4, -0.2) is 50.8 Å². The van der Waals surface area contributed by atoms with Gasteiger partial charge in [0.1, 0.15) is 5.82 Å². The molecule has 3 fully saturated rings. The number of nitrogens with one attached hydrogen (secondary N) is 1. The van der Waals surface area contributed by atoms with Gasteiger partial charge in [0.2, 0.25) is 0 Å². The molecule has 4 heterocycles. The molecular formula is C21H22FN5O2. The molecule has 2 saturated heterocycles. The first kappa shape index (κ1) is 18.1. The number of carbonyl (C=O) groups is 1. The number of rotatable bonds is 3. The molecule has 1 saturated carbocycles. The van der Waals surface area contributed by atoms with Gasteiger partial charge in [0.15, 0.2) is 5.82 Å². The van der Waals surface area contributed by atoms with Gasteiger partial charge >= 0.3 is 6.03 Å². The van der Waals surface area contributed by atoms with Gasteiger partial charge in [0.05, 0.1) is 23.5 Å². The standard InChI is InChI=1S/C21H22FN5O2/c1-12-6-18(22)19(10-17(12)20-23-11-13-4-3-5-26(13)25-20)24-21(28)27-14-7-15(27)9-16(8-14)29-2/h3-6,10-11,14-16H,7-9H2,1-2H3,(H,24,28)/t14-,15?,16?/m0/s1. The Balaban J connectivity index is 1.41. The van der Waals surface area contributed by atoms with Crippen LogP contribution in [0.2, 0.25) is 0 Å².